The average molecular weight is 342 g/mol. The Morgan fingerprint density at radius 1 is 0.923 bits per heavy atom. The Hall–Kier alpha value is -3.47. The van der Waals surface area contributed by atoms with Crippen molar-refractivity contribution in [2.24, 2.45) is 10.2 Å². The lowest BCUT2D eigenvalue weighted by atomic mass is 10.1. The van der Waals surface area contributed by atoms with Crippen molar-refractivity contribution in [3.8, 4) is 17.0 Å². The number of ether oxygens (including phenoxy) is 1. The van der Waals surface area contributed by atoms with Crippen LogP contribution in [-0.2, 0) is 0 Å². The van der Waals surface area contributed by atoms with E-state index in [2.05, 4.69) is 16.3 Å². The number of rotatable bonds is 4. The van der Waals surface area contributed by atoms with Gasteiger partial charge in [0, 0.05) is 11.8 Å². The monoisotopic (exact) mass is 342 g/mol. The van der Waals surface area contributed by atoms with Crippen LogP contribution in [0.5, 0.6) is 5.75 Å². The first-order valence-corrected chi connectivity index (χ1v) is 8.35. The SMILES string of the molecule is COc1ccc(-c2nc3ccccn3c2N=Nc2ccccc2)cc1C. The molecule has 2 aromatic carbocycles. The van der Waals surface area contributed by atoms with E-state index in [0.717, 1.165) is 33.9 Å². The number of imidazole rings is 1. The Balaban J connectivity index is 1.87. The van der Waals surface area contributed by atoms with Crippen LogP contribution in [0.3, 0.4) is 0 Å². The average Bonchev–Trinajstić information content (AvgIpc) is 3.06. The van der Waals surface area contributed by atoms with Gasteiger partial charge in [0.2, 0.25) is 0 Å². The highest BCUT2D eigenvalue weighted by molar-refractivity contribution is 5.75. The van der Waals surface area contributed by atoms with Gasteiger partial charge in [-0.2, -0.15) is 0 Å². The summed E-state index contributed by atoms with van der Waals surface area (Å²) in [5.74, 6) is 1.55. The quantitative estimate of drug-likeness (QED) is 0.444. The fourth-order valence-electron chi connectivity index (χ4n) is 2.90. The maximum atomic E-state index is 5.36. The molecule has 5 nitrogen and oxygen atoms in total. The summed E-state index contributed by atoms with van der Waals surface area (Å²) in [7, 11) is 1.67. The van der Waals surface area contributed by atoms with E-state index in [1.54, 1.807) is 7.11 Å². The summed E-state index contributed by atoms with van der Waals surface area (Å²) < 4.78 is 7.31. The van der Waals surface area contributed by atoms with Gasteiger partial charge in [-0.25, -0.2) is 4.98 Å². The molecular weight excluding hydrogens is 324 g/mol. The molecule has 0 radical (unpaired) electrons. The predicted molar refractivity (Wildman–Crippen MR) is 103 cm³/mol. The van der Waals surface area contributed by atoms with Crippen LogP contribution >= 0.6 is 0 Å². The number of fused-ring (bicyclic) bond motifs is 1. The molecule has 2 heterocycles. The molecule has 0 spiro atoms. The Bertz CT molecular complexity index is 1080. The molecule has 0 bridgehead atoms. The van der Waals surface area contributed by atoms with E-state index in [9.17, 15) is 0 Å². The van der Waals surface area contributed by atoms with Gasteiger partial charge in [0.25, 0.3) is 0 Å². The zero-order valence-corrected chi connectivity index (χ0v) is 14.6. The molecule has 0 amide bonds. The second kappa shape index (κ2) is 6.80. The molecule has 0 saturated heterocycles. The summed E-state index contributed by atoms with van der Waals surface area (Å²) in [5, 5.41) is 8.89. The van der Waals surface area contributed by atoms with Crippen LogP contribution in [0.1, 0.15) is 5.56 Å². The van der Waals surface area contributed by atoms with Gasteiger partial charge in [0.15, 0.2) is 5.82 Å². The molecule has 0 atom stereocenters. The number of hydrogen-bond acceptors (Lipinski definition) is 4. The molecule has 0 fully saturated rings. The van der Waals surface area contributed by atoms with Gasteiger partial charge in [-0.3, -0.25) is 4.40 Å². The van der Waals surface area contributed by atoms with E-state index in [-0.39, 0.29) is 0 Å². The molecule has 0 aliphatic carbocycles. The molecule has 5 heteroatoms. The molecule has 2 aromatic heterocycles. The molecule has 128 valence electrons. The van der Waals surface area contributed by atoms with Crippen molar-refractivity contribution in [2.45, 2.75) is 6.92 Å². The highest BCUT2D eigenvalue weighted by atomic mass is 16.5. The van der Waals surface area contributed by atoms with E-state index in [1.807, 2.05) is 78.2 Å². The topological polar surface area (TPSA) is 51.2 Å². The van der Waals surface area contributed by atoms with Crippen LogP contribution < -0.4 is 4.74 Å². The highest BCUT2D eigenvalue weighted by Gasteiger charge is 2.14. The third-order valence-electron chi connectivity index (χ3n) is 4.19. The Labute approximate surface area is 151 Å². The molecular formula is C21H18N4O. The second-order valence-electron chi connectivity index (χ2n) is 5.93. The number of nitrogens with zero attached hydrogens (tertiary/aromatic N) is 4. The van der Waals surface area contributed by atoms with E-state index in [0.29, 0.717) is 5.82 Å². The third kappa shape index (κ3) is 2.95. The minimum atomic E-state index is 0.703. The van der Waals surface area contributed by atoms with Crippen LogP contribution in [0.15, 0.2) is 83.2 Å². The van der Waals surface area contributed by atoms with Crippen LogP contribution in [0.2, 0.25) is 0 Å². The molecule has 4 rings (SSSR count). The number of aromatic nitrogens is 2. The first-order chi connectivity index (χ1) is 12.8. The summed E-state index contributed by atoms with van der Waals surface area (Å²) >= 11 is 0. The maximum Gasteiger partial charge on any atom is 0.187 e. The van der Waals surface area contributed by atoms with Gasteiger partial charge in [0.1, 0.15) is 17.1 Å². The van der Waals surface area contributed by atoms with E-state index in [4.69, 9.17) is 9.72 Å². The van der Waals surface area contributed by atoms with Gasteiger partial charge in [-0.05, 0) is 55.0 Å². The number of azo groups is 1. The number of aryl methyl sites for hydroxylation is 1. The second-order valence-corrected chi connectivity index (χ2v) is 5.93. The lowest BCUT2D eigenvalue weighted by molar-refractivity contribution is 0.412. The van der Waals surface area contributed by atoms with Crippen molar-refractivity contribution in [1.82, 2.24) is 9.38 Å². The molecule has 4 aromatic rings. The normalized spacial score (nSPS) is 11.3. The maximum absolute atomic E-state index is 5.36. The zero-order valence-electron chi connectivity index (χ0n) is 14.6. The van der Waals surface area contributed by atoms with Crippen molar-refractivity contribution in [1.29, 1.82) is 0 Å². The fraction of sp³-hybridized carbons (Fsp3) is 0.0952. The summed E-state index contributed by atoms with van der Waals surface area (Å²) in [4.78, 5) is 4.76. The van der Waals surface area contributed by atoms with E-state index < -0.39 is 0 Å². The smallest absolute Gasteiger partial charge is 0.187 e. The molecule has 26 heavy (non-hydrogen) atoms. The van der Waals surface area contributed by atoms with E-state index >= 15 is 0 Å². The first-order valence-electron chi connectivity index (χ1n) is 8.35. The van der Waals surface area contributed by atoms with Gasteiger partial charge in [-0.15, -0.1) is 10.2 Å². The fourth-order valence-corrected chi connectivity index (χ4v) is 2.90. The Morgan fingerprint density at radius 3 is 2.50 bits per heavy atom. The van der Waals surface area contributed by atoms with Crippen LogP contribution in [-0.4, -0.2) is 16.5 Å². The minimum absolute atomic E-state index is 0.703. The van der Waals surface area contributed by atoms with Crippen molar-refractivity contribution < 1.29 is 4.74 Å². The van der Waals surface area contributed by atoms with Crippen LogP contribution in [0.25, 0.3) is 16.9 Å². The van der Waals surface area contributed by atoms with Crippen LogP contribution in [0.4, 0.5) is 11.5 Å². The van der Waals surface area contributed by atoms with Gasteiger partial charge < -0.3 is 4.74 Å². The van der Waals surface area contributed by atoms with Gasteiger partial charge >= 0.3 is 0 Å². The number of methoxy groups -OCH3 is 1. The van der Waals surface area contributed by atoms with Crippen molar-refractivity contribution in [3.05, 3.63) is 78.5 Å². The van der Waals surface area contributed by atoms with Crippen molar-refractivity contribution in [3.63, 3.8) is 0 Å². The largest absolute Gasteiger partial charge is 0.496 e. The Kier molecular flexibility index (Phi) is 4.19. The Morgan fingerprint density at radius 2 is 1.73 bits per heavy atom. The molecule has 0 saturated carbocycles. The summed E-state index contributed by atoms with van der Waals surface area (Å²) in [6, 6.07) is 21.6. The summed E-state index contributed by atoms with van der Waals surface area (Å²) in [5.41, 5.74) is 4.46. The lowest BCUT2D eigenvalue weighted by Gasteiger charge is -2.06. The van der Waals surface area contributed by atoms with Crippen LogP contribution in [0, 0.1) is 6.92 Å². The summed E-state index contributed by atoms with van der Waals surface area (Å²) in [6.45, 7) is 2.02. The summed E-state index contributed by atoms with van der Waals surface area (Å²) in [6.07, 6.45) is 1.95. The number of pyridine rings is 1. The molecule has 0 aliphatic rings. The van der Waals surface area contributed by atoms with Gasteiger partial charge in [0.05, 0.1) is 12.8 Å². The molecule has 0 aliphatic heterocycles. The van der Waals surface area contributed by atoms with Gasteiger partial charge in [-0.1, -0.05) is 24.3 Å². The zero-order chi connectivity index (χ0) is 17.9. The molecule has 0 N–H and O–H groups in total. The molecule has 0 unspecified atom stereocenters. The number of benzene rings is 2. The standard InChI is InChI=1S/C21H18N4O/c1-15-14-16(11-12-18(15)26-2)20-21(24-23-17-8-4-3-5-9-17)25-13-7-6-10-19(25)22-20/h3-14H,1-2H3. The van der Waals surface area contributed by atoms with E-state index in [1.165, 1.54) is 0 Å². The minimum Gasteiger partial charge on any atom is -0.496 e. The first kappa shape index (κ1) is 16.0. The predicted octanol–water partition coefficient (Wildman–Crippen LogP) is 5.73. The van der Waals surface area contributed by atoms with Crippen molar-refractivity contribution >= 4 is 17.2 Å². The highest BCUT2D eigenvalue weighted by Crippen LogP contribution is 2.34. The number of hydrogen-bond donors (Lipinski definition) is 0. The third-order valence-corrected chi connectivity index (χ3v) is 4.19. The lowest BCUT2D eigenvalue weighted by Crippen LogP contribution is -1.88. The van der Waals surface area contributed by atoms with Crippen molar-refractivity contribution in [2.75, 3.05) is 7.11 Å².